The zero-order valence-corrected chi connectivity index (χ0v) is 16.5. The monoisotopic (exact) mass is 443 g/mol. The number of halogens is 3. The summed E-state index contributed by atoms with van der Waals surface area (Å²) in [6, 6.07) is 15.7. The van der Waals surface area contributed by atoms with E-state index in [4.69, 9.17) is 0 Å². The Morgan fingerprint density at radius 3 is 2.37 bits per heavy atom. The third-order valence-corrected chi connectivity index (χ3v) is 5.68. The Bertz CT molecular complexity index is 778. The standard InChI is InChI=1S/C20H20F3NO2Se/c1-14(19(26)24-11-6-12-27-20(21,22)23)16-9-5-10-17(13-16)18(25)15-7-3-2-4-8-15/h2-5,7-10,13-14H,6,11-12H2,1H3,(H,24,26)/t14-/m0/s1. The van der Waals surface area contributed by atoms with Crippen LogP contribution in [0.15, 0.2) is 54.6 Å². The van der Waals surface area contributed by atoms with Crippen LogP contribution < -0.4 is 5.32 Å². The van der Waals surface area contributed by atoms with Crippen molar-refractivity contribution in [3.05, 3.63) is 71.3 Å². The van der Waals surface area contributed by atoms with Crippen LogP contribution in [0.1, 0.15) is 40.7 Å². The van der Waals surface area contributed by atoms with Crippen molar-refractivity contribution in [2.75, 3.05) is 6.54 Å². The van der Waals surface area contributed by atoms with Crippen molar-refractivity contribution in [1.29, 1.82) is 0 Å². The van der Waals surface area contributed by atoms with Gasteiger partial charge in [-0.05, 0) is 0 Å². The molecular weight excluding hydrogens is 422 g/mol. The van der Waals surface area contributed by atoms with Crippen molar-refractivity contribution in [2.24, 2.45) is 0 Å². The Hall–Kier alpha value is -2.11. The number of nitrogens with one attached hydrogen (secondary N) is 1. The molecule has 0 fully saturated rings. The van der Waals surface area contributed by atoms with E-state index >= 15 is 0 Å². The number of carbonyl (C=O) groups excluding carboxylic acids is 2. The molecule has 2 aromatic rings. The molecule has 0 aliphatic rings. The van der Waals surface area contributed by atoms with Crippen LogP contribution >= 0.6 is 0 Å². The minimum atomic E-state index is -4.10. The van der Waals surface area contributed by atoms with Crippen molar-refractivity contribution < 1.29 is 22.8 Å². The number of amides is 1. The zero-order chi connectivity index (χ0) is 19.9. The fourth-order valence-corrected chi connectivity index (χ4v) is 3.57. The molecule has 1 amide bonds. The average molecular weight is 442 g/mol. The van der Waals surface area contributed by atoms with Gasteiger partial charge in [-0.15, -0.1) is 0 Å². The van der Waals surface area contributed by atoms with Gasteiger partial charge >= 0.3 is 144 Å². The molecule has 0 saturated heterocycles. The summed E-state index contributed by atoms with van der Waals surface area (Å²) in [5, 5.41) is -1.39. The molecule has 0 unspecified atom stereocenters. The molecular formula is C20H20F3NO2Se. The summed E-state index contributed by atoms with van der Waals surface area (Å²) in [4.78, 5) is 24.8. The van der Waals surface area contributed by atoms with Gasteiger partial charge in [0, 0.05) is 0 Å². The second kappa shape index (κ2) is 9.72. The summed E-state index contributed by atoms with van der Waals surface area (Å²) in [5.41, 5.74) is 1.75. The van der Waals surface area contributed by atoms with Crippen molar-refractivity contribution in [1.82, 2.24) is 5.32 Å². The molecule has 0 aromatic heterocycles. The second-order valence-electron chi connectivity index (χ2n) is 5.98. The number of benzene rings is 2. The summed E-state index contributed by atoms with van der Waals surface area (Å²) in [5.74, 6) is -0.889. The van der Waals surface area contributed by atoms with Gasteiger partial charge in [-0.1, -0.05) is 18.2 Å². The molecule has 1 atom stereocenters. The second-order valence-corrected chi connectivity index (χ2v) is 8.41. The molecule has 0 bridgehead atoms. The molecule has 2 aromatic carbocycles. The van der Waals surface area contributed by atoms with Gasteiger partial charge in [0.15, 0.2) is 0 Å². The number of rotatable bonds is 8. The summed E-state index contributed by atoms with van der Waals surface area (Å²) in [6.07, 6.45) is 0.296. The van der Waals surface area contributed by atoms with E-state index in [9.17, 15) is 22.8 Å². The molecule has 0 heterocycles. The van der Waals surface area contributed by atoms with Crippen LogP contribution in [0.4, 0.5) is 13.2 Å². The molecule has 27 heavy (non-hydrogen) atoms. The molecule has 144 valence electrons. The molecule has 0 radical (unpaired) electrons. The van der Waals surface area contributed by atoms with Gasteiger partial charge in [-0.25, -0.2) is 0 Å². The summed E-state index contributed by atoms with van der Waals surface area (Å²) in [7, 11) is 0. The van der Waals surface area contributed by atoms with Crippen molar-refractivity contribution in [2.45, 2.75) is 29.7 Å². The number of hydrogen-bond donors (Lipinski definition) is 1. The van der Waals surface area contributed by atoms with Crippen LogP contribution in [0.25, 0.3) is 0 Å². The van der Waals surface area contributed by atoms with Gasteiger partial charge in [-0.3, -0.25) is 0 Å². The molecule has 1 N–H and O–H groups in total. The first-order valence-electron chi connectivity index (χ1n) is 8.46. The van der Waals surface area contributed by atoms with Crippen LogP contribution in [0.5, 0.6) is 0 Å². The topological polar surface area (TPSA) is 46.2 Å². The predicted octanol–water partition coefficient (Wildman–Crippen LogP) is 4.17. The van der Waals surface area contributed by atoms with Gasteiger partial charge < -0.3 is 0 Å². The molecule has 0 spiro atoms. The van der Waals surface area contributed by atoms with Gasteiger partial charge in [0.2, 0.25) is 0 Å². The Kier molecular flexibility index (Phi) is 7.63. The fraction of sp³-hybridized carbons (Fsp3) is 0.300. The fourth-order valence-electron chi connectivity index (χ4n) is 2.48. The maximum absolute atomic E-state index is 12.5. The Balaban J connectivity index is 1.93. The molecule has 7 heteroatoms. The first-order valence-corrected chi connectivity index (χ1v) is 10.5. The van der Waals surface area contributed by atoms with Crippen molar-refractivity contribution in [3.8, 4) is 0 Å². The van der Waals surface area contributed by atoms with Crippen molar-refractivity contribution in [3.63, 3.8) is 0 Å². The molecule has 0 saturated carbocycles. The molecule has 0 aliphatic heterocycles. The van der Waals surface area contributed by atoms with E-state index in [1.54, 1.807) is 55.5 Å². The number of ketones is 1. The zero-order valence-electron chi connectivity index (χ0n) is 14.8. The number of hydrogen-bond acceptors (Lipinski definition) is 2. The van der Waals surface area contributed by atoms with Crippen molar-refractivity contribution >= 4 is 26.6 Å². The first-order chi connectivity index (χ1) is 12.8. The van der Waals surface area contributed by atoms with Crippen LogP contribution in [0.3, 0.4) is 0 Å². The summed E-state index contributed by atoms with van der Waals surface area (Å²) >= 11 is -1.41. The van der Waals surface area contributed by atoms with Gasteiger partial charge in [0.25, 0.3) is 0 Å². The van der Waals surface area contributed by atoms with E-state index in [1.807, 2.05) is 6.07 Å². The third kappa shape index (κ3) is 6.85. The van der Waals surface area contributed by atoms with Gasteiger partial charge in [-0.2, -0.15) is 0 Å². The van der Waals surface area contributed by atoms with E-state index in [0.717, 1.165) is 0 Å². The molecule has 0 aliphatic carbocycles. The Morgan fingerprint density at radius 1 is 1.04 bits per heavy atom. The number of carbonyl (C=O) groups is 2. The van der Waals surface area contributed by atoms with Gasteiger partial charge in [0.05, 0.1) is 0 Å². The first kappa shape index (κ1) is 21.2. The predicted molar refractivity (Wildman–Crippen MR) is 99.0 cm³/mol. The number of alkyl halides is 3. The maximum atomic E-state index is 12.5. The Labute approximate surface area is 162 Å². The third-order valence-electron chi connectivity index (χ3n) is 3.96. The van der Waals surface area contributed by atoms with Crippen LogP contribution in [0.2, 0.25) is 5.32 Å². The van der Waals surface area contributed by atoms with E-state index < -0.39 is 25.9 Å². The normalized spacial score (nSPS) is 12.4. The van der Waals surface area contributed by atoms with Gasteiger partial charge in [0.1, 0.15) is 0 Å². The van der Waals surface area contributed by atoms with E-state index in [1.165, 1.54) is 0 Å². The van der Waals surface area contributed by atoms with Crippen LogP contribution in [-0.4, -0.2) is 38.3 Å². The summed E-state index contributed by atoms with van der Waals surface area (Å²) < 4.78 is 36.4. The molecule has 2 rings (SSSR count). The molecule has 3 nitrogen and oxygen atoms in total. The van der Waals surface area contributed by atoms with Crippen LogP contribution in [0, 0.1) is 0 Å². The summed E-state index contributed by atoms with van der Waals surface area (Å²) in [6.45, 7) is 1.92. The van der Waals surface area contributed by atoms with Crippen LogP contribution in [-0.2, 0) is 4.79 Å². The Morgan fingerprint density at radius 2 is 1.70 bits per heavy atom. The minimum absolute atomic E-state index is 0.0478. The SMILES string of the molecule is C[C@H](C(=O)NCCC[Se]C(F)(F)F)c1cccc(C(=O)c2ccccc2)c1. The quantitative estimate of drug-likeness (QED) is 0.379. The average Bonchev–Trinajstić information content (AvgIpc) is 2.66. The van der Waals surface area contributed by atoms with E-state index in [-0.39, 0.29) is 23.6 Å². The van der Waals surface area contributed by atoms with E-state index in [0.29, 0.717) is 23.1 Å². The van der Waals surface area contributed by atoms with E-state index in [2.05, 4.69) is 5.32 Å².